The van der Waals surface area contributed by atoms with Gasteiger partial charge in [0, 0.05) is 18.5 Å². The van der Waals surface area contributed by atoms with Gasteiger partial charge in [-0.2, -0.15) is 0 Å². The van der Waals surface area contributed by atoms with Gasteiger partial charge in [-0.1, -0.05) is 42.5 Å². The van der Waals surface area contributed by atoms with Crippen molar-refractivity contribution >= 4 is 11.7 Å². The van der Waals surface area contributed by atoms with Gasteiger partial charge < -0.3 is 4.90 Å². The molecule has 1 aliphatic rings. The fourth-order valence-electron chi connectivity index (χ4n) is 3.18. The van der Waals surface area contributed by atoms with Crippen molar-refractivity contribution < 1.29 is 14.0 Å². The summed E-state index contributed by atoms with van der Waals surface area (Å²) in [5.74, 6) is -0.271. The number of rotatable bonds is 5. The molecule has 2 aromatic carbocycles. The van der Waals surface area contributed by atoms with Gasteiger partial charge in [0.05, 0.1) is 6.04 Å². The summed E-state index contributed by atoms with van der Waals surface area (Å²) in [4.78, 5) is 26.9. The Morgan fingerprint density at radius 3 is 2.46 bits per heavy atom. The quantitative estimate of drug-likeness (QED) is 0.787. The summed E-state index contributed by atoms with van der Waals surface area (Å²) >= 11 is 0. The third-order valence-electron chi connectivity index (χ3n) is 4.47. The highest BCUT2D eigenvalue weighted by atomic mass is 19.1. The molecule has 0 aliphatic carbocycles. The molecule has 24 heavy (non-hydrogen) atoms. The van der Waals surface area contributed by atoms with Crippen molar-refractivity contribution in [3.63, 3.8) is 0 Å². The molecule has 3 nitrogen and oxygen atoms in total. The van der Waals surface area contributed by atoms with Crippen LogP contribution in [0.5, 0.6) is 0 Å². The fraction of sp³-hybridized carbons (Fsp3) is 0.300. The van der Waals surface area contributed by atoms with E-state index in [1.165, 1.54) is 12.1 Å². The molecule has 0 aromatic heterocycles. The van der Waals surface area contributed by atoms with Crippen molar-refractivity contribution in [1.29, 1.82) is 0 Å². The van der Waals surface area contributed by atoms with E-state index >= 15 is 0 Å². The number of amides is 1. The zero-order valence-corrected chi connectivity index (χ0v) is 13.5. The summed E-state index contributed by atoms with van der Waals surface area (Å²) in [6, 6.07) is 15.0. The van der Waals surface area contributed by atoms with Crippen molar-refractivity contribution in [2.45, 2.75) is 31.7 Å². The van der Waals surface area contributed by atoms with Crippen LogP contribution in [0, 0.1) is 5.82 Å². The van der Waals surface area contributed by atoms with Gasteiger partial charge >= 0.3 is 0 Å². The van der Waals surface area contributed by atoms with E-state index in [9.17, 15) is 14.0 Å². The van der Waals surface area contributed by atoms with E-state index in [-0.39, 0.29) is 23.5 Å². The molecule has 0 N–H and O–H groups in total. The first kappa shape index (κ1) is 16.4. The molecule has 124 valence electrons. The summed E-state index contributed by atoms with van der Waals surface area (Å²) in [7, 11) is 0. The molecule has 0 radical (unpaired) electrons. The van der Waals surface area contributed by atoms with Crippen LogP contribution in [0.15, 0.2) is 54.6 Å². The topological polar surface area (TPSA) is 37.4 Å². The second-order valence-corrected chi connectivity index (χ2v) is 6.10. The molecule has 0 bridgehead atoms. The highest BCUT2D eigenvalue weighted by Crippen LogP contribution is 2.22. The third kappa shape index (κ3) is 3.70. The zero-order valence-electron chi connectivity index (χ0n) is 13.5. The van der Waals surface area contributed by atoms with Crippen LogP contribution in [0.1, 0.15) is 35.2 Å². The molecule has 0 spiro atoms. The maximum absolute atomic E-state index is 12.9. The van der Waals surface area contributed by atoms with E-state index < -0.39 is 0 Å². The van der Waals surface area contributed by atoms with E-state index in [2.05, 4.69) is 0 Å². The van der Waals surface area contributed by atoms with Crippen molar-refractivity contribution in [3.8, 4) is 0 Å². The lowest BCUT2D eigenvalue weighted by atomic mass is 10.0. The van der Waals surface area contributed by atoms with E-state index in [1.54, 1.807) is 29.2 Å². The van der Waals surface area contributed by atoms with Crippen LogP contribution >= 0.6 is 0 Å². The second-order valence-electron chi connectivity index (χ2n) is 6.10. The maximum atomic E-state index is 12.9. The monoisotopic (exact) mass is 325 g/mol. The molecule has 0 saturated carbocycles. The van der Waals surface area contributed by atoms with Gasteiger partial charge in [0.2, 0.25) is 5.91 Å². The summed E-state index contributed by atoms with van der Waals surface area (Å²) in [6.07, 6.45) is 2.47. The van der Waals surface area contributed by atoms with Crippen LogP contribution in [0.4, 0.5) is 4.39 Å². The van der Waals surface area contributed by atoms with Crippen molar-refractivity contribution in [2.75, 3.05) is 6.54 Å². The standard InChI is InChI=1S/C20H20FNO2/c21-17-11-8-15(9-12-17)10-13-19(23)22-14-4-7-18(22)20(24)16-5-2-1-3-6-16/h1-3,5-6,8-9,11-12,18H,4,7,10,13-14H2. The van der Waals surface area contributed by atoms with Gasteiger partial charge in [-0.15, -0.1) is 0 Å². The Hall–Kier alpha value is -2.49. The largest absolute Gasteiger partial charge is 0.332 e. The summed E-state index contributed by atoms with van der Waals surface area (Å²) in [5, 5.41) is 0. The zero-order chi connectivity index (χ0) is 16.9. The van der Waals surface area contributed by atoms with Crippen LogP contribution < -0.4 is 0 Å². The Morgan fingerprint density at radius 1 is 1.04 bits per heavy atom. The average Bonchev–Trinajstić information content (AvgIpc) is 3.11. The minimum Gasteiger partial charge on any atom is -0.332 e. The van der Waals surface area contributed by atoms with E-state index in [0.29, 0.717) is 24.9 Å². The van der Waals surface area contributed by atoms with Crippen LogP contribution in [0.25, 0.3) is 0 Å². The number of hydrogen-bond donors (Lipinski definition) is 0. The molecule has 1 atom stereocenters. The average molecular weight is 325 g/mol. The predicted octanol–water partition coefficient (Wildman–Crippen LogP) is 3.63. The number of carbonyl (C=O) groups is 2. The van der Waals surface area contributed by atoms with Crippen LogP contribution in [0.3, 0.4) is 0 Å². The first-order valence-corrected chi connectivity index (χ1v) is 8.28. The van der Waals surface area contributed by atoms with Gasteiger partial charge in [-0.25, -0.2) is 4.39 Å². The second kappa shape index (κ2) is 7.39. The highest BCUT2D eigenvalue weighted by molar-refractivity contribution is 6.02. The Labute approximate surface area is 141 Å². The molecule has 1 amide bonds. The maximum Gasteiger partial charge on any atom is 0.223 e. The molecule has 3 rings (SSSR count). The van der Waals surface area contributed by atoms with Crippen LogP contribution in [0.2, 0.25) is 0 Å². The molecule has 1 aliphatic heterocycles. The van der Waals surface area contributed by atoms with Gasteiger partial charge in [0.15, 0.2) is 5.78 Å². The lowest BCUT2D eigenvalue weighted by Gasteiger charge is -2.24. The molecule has 2 aromatic rings. The number of carbonyl (C=O) groups excluding carboxylic acids is 2. The Balaban J connectivity index is 1.63. The Bertz CT molecular complexity index is 712. The number of aryl methyl sites for hydroxylation is 1. The summed E-state index contributed by atoms with van der Waals surface area (Å²) in [6.45, 7) is 0.630. The number of hydrogen-bond acceptors (Lipinski definition) is 2. The molecule has 1 unspecified atom stereocenters. The molecular weight excluding hydrogens is 305 g/mol. The number of nitrogens with zero attached hydrogens (tertiary/aromatic N) is 1. The molecule has 1 heterocycles. The summed E-state index contributed by atoms with van der Waals surface area (Å²) in [5.41, 5.74) is 1.58. The molecule has 4 heteroatoms. The first-order valence-electron chi connectivity index (χ1n) is 8.28. The lowest BCUT2D eigenvalue weighted by molar-refractivity contribution is -0.131. The summed E-state index contributed by atoms with van der Waals surface area (Å²) < 4.78 is 12.9. The van der Waals surface area contributed by atoms with Gasteiger partial charge in [0.25, 0.3) is 0 Å². The van der Waals surface area contributed by atoms with Gasteiger partial charge in [0.1, 0.15) is 5.82 Å². The van der Waals surface area contributed by atoms with Gasteiger partial charge in [-0.05, 0) is 37.0 Å². The molecule has 1 fully saturated rings. The van der Waals surface area contributed by atoms with Crippen molar-refractivity contribution in [3.05, 3.63) is 71.5 Å². The smallest absolute Gasteiger partial charge is 0.223 e. The predicted molar refractivity (Wildman–Crippen MR) is 90.2 cm³/mol. The fourth-order valence-corrected chi connectivity index (χ4v) is 3.18. The highest BCUT2D eigenvalue weighted by Gasteiger charge is 2.33. The minimum atomic E-state index is -0.354. The van der Waals surface area contributed by atoms with Crippen LogP contribution in [-0.2, 0) is 11.2 Å². The van der Waals surface area contributed by atoms with Crippen LogP contribution in [-0.4, -0.2) is 29.2 Å². The Morgan fingerprint density at radius 2 is 1.75 bits per heavy atom. The SMILES string of the molecule is O=C(c1ccccc1)C1CCCN1C(=O)CCc1ccc(F)cc1. The number of ketones is 1. The minimum absolute atomic E-state index is 0.00824. The van der Waals surface area contributed by atoms with E-state index in [0.717, 1.165) is 18.4 Å². The van der Waals surface area contributed by atoms with Crippen molar-refractivity contribution in [2.24, 2.45) is 0 Å². The Kier molecular flexibility index (Phi) is 5.04. The third-order valence-corrected chi connectivity index (χ3v) is 4.47. The number of benzene rings is 2. The van der Waals surface area contributed by atoms with E-state index in [4.69, 9.17) is 0 Å². The van der Waals surface area contributed by atoms with E-state index in [1.807, 2.05) is 18.2 Å². The normalized spacial score (nSPS) is 17.0. The number of Topliss-reactive ketones (excluding diaryl/α,β-unsaturated/α-hetero) is 1. The number of halogens is 1. The van der Waals surface area contributed by atoms with Gasteiger partial charge in [-0.3, -0.25) is 9.59 Å². The number of likely N-dealkylation sites (tertiary alicyclic amines) is 1. The lowest BCUT2D eigenvalue weighted by Crippen LogP contribution is -2.40. The molecular formula is C20H20FNO2. The van der Waals surface area contributed by atoms with Crippen molar-refractivity contribution in [1.82, 2.24) is 4.90 Å². The first-order chi connectivity index (χ1) is 11.6. The molecule has 1 saturated heterocycles.